The monoisotopic (exact) mass is 383 g/mol. The van der Waals surface area contributed by atoms with Crippen molar-refractivity contribution in [3.05, 3.63) is 46.1 Å². The molecule has 142 valence electrons. The summed E-state index contributed by atoms with van der Waals surface area (Å²) in [7, 11) is 0. The minimum atomic E-state index is 0.490. The van der Waals surface area contributed by atoms with Gasteiger partial charge in [0.05, 0.1) is 18.6 Å². The smallest absolute Gasteiger partial charge is 0.139 e. The second-order valence-electron chi connectivity index (χ2n) is 7.22. The highest BCUT2D eigenvalue weighted by Crippen LogP contribution is 2.30. The summed E-state index contributed by atoms with van der Waals surface area (Å²) in [5, 5.41) is 6.76. The first-order chi connectivity index (χ1) is 13.1. The number of thiophene rings is 1. The van der Waals surface area contributed by atoms with Gasteiger partial charge in [0.25, 0.3) is 0 Å². The van der Waals surface area contributed by atoms with Gasteiger partial charge in [-0.2, -0.15) is 0 Å². The van der Waals surface area contributed by atoms with Crippen LogP contribution in [0.5, 0.6) is 5.75 Å². The Bertz CT molecular complexity index is 948. The van der Waals surface area contributed by atoms with E-state index in [1.54, 1.807) is 11.3 Å². The zero-order valence-electron chi connectivity index (χ0n) is 16.0. The first-order valence-corrected chi connectivity index (χ1v) is 10.2. The summed E-state index contributed by atoms with van der Waals surface area (Å²) < 4.78 is 11.6. The van der Waals surface area contributed by atoms with E-state index in [-0.39, 0.29) is 0 Å². The average molecular weight is 384 g/mol. The van der Waals surface area contributed by atoms with Crippen molar-refractivity contribution < 1.29 is 9.47 Å². The molecule has 0 saturated carbocycles. The topological polar surface area (TPSA) is 56.3 Å². The minimum absolute atomic E-state index is 0.490. The van der Waals surface area contributed by atoms with Gasteiger partial charge in [-0.25, -0.2) is 9.97 Å². The molecule has 1 aliphatic heterocycles. The van der Waals surface area contributed by atoms with Crippen molar-refractivity contribution in [2.24, 2.45) is 5.92 Å². The quantitative estimate of drug-likeness (QED) is 0.672. The summed E-state index contributed by atoms with van der Waals surface area (Å²) in [6, 6.07) is 6.37. The van der Waals surface area contributed by atoms with Gasteiger partial charge in [-0.05, 0) is 49.8 Å². The molecule has 1 saturated heterocycles. The second kappa shape index (κ2) is 7.82. The van der Waals surface area contributed by atoms with Crippen LogP contribution < -0.4 is 10.1 Å². The normalized spacial score (nSPS) is 16.8. The number of fused-ring (bicyclic) bond motifs is 1. The zero-order chi connectivity index (χ0) is 18.8. The molecule has 0 amide bonds. The van der Waals surface area contributed by atoms with Crippen LogP contribution in [0, 0.1) is 26.7 Å². The van der Waals surface area contributed by atoms with E-state index in [1.165, 1.54) is 11.1 Å². The predicted molar refractivity (Wildman–Crippen MR) is 110 cm³/mol. The lowest BCUT2D eigenvalue weighted by Crippen LogP contribution is -2.13. The van der Waals surface area contributed by atoms with Gasteiger partial charge in [-0.15, -0.1) is 11.3 Å². The predicted octanol–water partition coefficient (Wildman–Crippen LogP) is 4.64. The standard InChI is InChI=1S/C21H25N3O2S/c1-13-4-5-17(18(8-13)26-11-16-6-7-25-10-16)9-22-20-19-14(2)12-27-21(19)24-15(3)23-20/h4-5,8,12,16H,6-7,9-11H2,1-3H3,(H,22,23,24). The summed E-state index contributed by atoms with van der Waals surface area (Å²) in [6.07, 6.45) is 1.08. The lowest BCUT2D eigenvalue weighted by Gasteiger charge is -2.16. The van der Waals surface area contributed by atoms with E-state index in [0.29, 0.717) is 19.1 Å². The minimum Gasteiger partial charge on any atom is -0.493 e. The molecule has 27 heavy (non-hydrogen) atoms. The maximum atomic E-state index is 6.16. The summed E-state index contributed by atoms with van der Waals surface area (Å²) in [5.74, 6) is 3.11. The molecule has 1 aromatic carbocycles. The molecular weight excluding hydrogens is 358 g/mol. The largest absolute Gasteiger partial charge is 0.493 e. The van der Waals surface area contributed by atoms with Gasteiger partial charge in [0.15, 0.2) is 0 Å². The Morgan fingerprint density at radius 1 is 1.26 bits per heavy atom. The molecule has 6 heteroatoms. The maximum absolute atomic E-state index is 6.16. The fourth-order valence-corrected chi connectivity index (χ4v) is 4.33. The number of anilines is 1. The molecule has 5 nitrogen and oxygen atoms in total. The molecule has 0 radical (unpaired) electrons. The third kappa shape index (κ3) is 4.06. The third-order valence-corrected chi connectivity index (χ3v) is 5.89. The molecule has 1 aliphatic rings. The molecule has 0 bridgehead atoms. The van der Waals surface area contributed by atoms with Crippen molar-refractivity contribution in [3.8, 4) is 5.75 Å². The Labute approximate surface area is 163 Å². The highest BCUT2D eigenvalue weighted by molar-refractivity contribution is 7.17. The number of nitrogens with zero attached hydrogens (tertiary/aromatic N) is 2. The zero-order valence-corrected chi connectivity index (χ0v) is 16.9. The van der Waals surface area contributed by atoms with Crippen LogP contribution in [0.2, 0.25) is 0 Å². The first-order valence-electron chi connectivity index (χ1n) is 9.36. The molecule has 1 atom stereocenters. The van der Waals surface area contributed by atoms with Gasteiger partial charge in [0, 0.05) is 24.6 Å². The number of aryl methyl sites for hydroxylation is 3. The van der Waals surface area contributed by atoms with E-state index < -0.39 is 0 Å². The summed E-state index contributed by atoms with van der Waals surface area (Å²) in [4.78, 5) is 10.2. The Hall–Kier alpha value is -2.18. The molecule has 1 fully saturated rings. The van der Waals surface area contributed by atoms with Crippen molar-refractivity contribution in [2.75, 3.05) is 25.1 Å². The van der Waals surface area contributed by atoms with Gasteiger partial charge in [-0.1, -0.05) is 12.1 Å². The van der Waals surface area contributed by atoms with E-state index in [9.17, 15) is 0 Å². The van der Waals surface area contributed by atoms with E-state index in [2.05, 4.69) is 52.7 Å². The van der Waals surface area contributed by atoms with Crippen molar-refractivity contribution in [3.63, 3.8) is 0 Å². The van der Waals surface area contributed by atoms with E-state index in [1.807, 2.05) is 6.92 Å². The van der Waals surface area contributed by atoms with Crippen LogP contribution in [0.25, 0.3) is 10.2 Å². The van der Waals surface area contributed by atoms with Gasteiger partial charge in [0.2, 0.25) is 0 Å². The Morgan fingerprint density at radius 3 is 2.96 bits per heavy atom. The van der Waals surface area contributed by atoms with Gasteiger partial charge >= 0.3 is 0 Å². The SMILES string of the molecule is Cc1ccc(CNc2nc(C)nc3scc(C)c23)c(OCC2CCOC2)c1. The van der Waals surface area contributed by atoms with Gasteiger partial charge < -0.3 is 14.8 Å². The van der Waals surface area contributed by atoms with Crippen LogP contribution in [0.4, 0.5) is 5.82 Å². The first kappa shape index (κ1) is 18.2. The van der Waals surface area contributed by atoms with Crippen molar-refractivity contribution in [2.45, 2.75) is 33.7 Å². The molecule has 2 aromatic heterocycles. The Balaban J connectivity index is 1.53. The lowest BCUT2D eigenvalue weighted by atomic mass is 10.1. The van der Waals surface area contributed by atoms with Crippen molar-refractivity contribution in [1.29, 1.82) is 0 Å². The fraction of sp³-hybridized carbons (Fsp3) is 0.429. The Morgan fingerprint density at radius 2 is 2.15 bits per heavy atom. The summed E-state index contributed by atoms with van der Waals surface area (Å²) >= 11 is 1.66. The number of benzene rings is 1. The highest BCUT2D eigenvalue weighted by Gasteiger charge is 2.17. The van der Waals surface area contributed by atoms with Crippen LogP contribution >= 0.6 is 11.3 Å². The molecule has 0 spiro atoms. The van der Waals surface area contributed by atoms with E-state index in [0.717, 1.165) is 52.8 Å². The third-order valence-electron chi connectivity index (χ3n) is 4.90. The van der Waals surface area contributed by atoms with E-state index in [4.69, 9.17) is 9.47 Å². The summed E-state index contributed by atoms with van der Waals surface area (Å²) in [6.45, 7) is 9.15. The number of rotatable bonds is 6. The lowest BCUT2D eigenvalue weighted by molar-refractivity contribution is 0.167. The van der Waals surface area contributed by atoms with Crippen LogP contribution in [0.1, 0.15) is 28.9 Å². The van der Waals surface area contributed by atoms with Crippen LogP contribution in [-0.2, 0) is 11.3 Å². The summed E-state index contributed by atoms with van der Waals surface area (Å²) in [5.41, 5.74) is 3.54. The van der Waals surface area contributed by atoms with Crippen LogP contribution in [0.3, 0.4) is 0 Å². The fourth-order valence-electron chi connectivity index (χ4n) is 3.36. The molecule has 3 aromatic rings. The van der Waals surface area contributed by atoms with Gasteiger partial charge in [0.1, 0.15) is 22.2 Å². The van der Waals surface area contributed by atoms with Crippen molar-refractivity contribution in [1.82, 2.24) is 9.97 Å². The Kier molecular flexibility index (Phi) is 5.27. The van der Waals surface area contributed by atoms with Crippen LogP contribution in [-0.4, -0.2) is 29.8 Å². The van der Waals surface area contributed by atoms with Crippen LogP contribution in [0.15, 0.2) is 23.6 Å². The number of hydrogen-bond acceptors (Lipinski definition) is 6. The number of hydrogen-bond donors (Lipinski definition) is 1. The highest BCUT2D eigenvalue weighted by atomic mass is 32.1. The maximum Gasteiger partial charge on any atom is 0.139 e. The average Bonchev–Trinajstić information content (AvgIpc) is 3.29. The second-order valence-corrected chi connectivity index (χ2v) is 8.08. The molecule has 0 aliphatic carbocycles. The van der Waals surface area contributed by atoms with Crippen molar-refractivity contribution >= 4 is 27.4 Å². The van der Waals surface area contributed by atoms with E-state index >= 15 is 0 Å². The van der Waals surface area contributed by atoms with Gasteiger partial charge in [-0.3, -0.25) is 0 Å². The molecular formula is C21H25N3O2S. The molecule has 1 unspecified atom stereocenters. The molecule has 1 N–H and O–H groups in total. The number of aromatic nitrogens is 2. The molecule has 4 rings (SSSR count). The molecule has 3 heterocycles. The number of nitrogens with one attached hydrogen (secondary N) is 1. The number of ether oxygens (including phenoxy) is 2.